The Hall–Kier alpha value is 0.0300. The van der Waals surface area contributed by atoms with Crippen LogP contribution >= 0.6 is 47.9 Å². The predicted molar refractivity (Wildman–Crippen MR) is 60.5 cm³/mol. The largest absolute Gasteiger partial charge is 0.288 e. The molecule has 1 aromatic carbocycles. The second-order valence-electron chi connectivity index (χ2n) is 2.24. The highest BCUT2D eigenvalue weighted by Gasteiger charge is 2.02. The van der Waals surface area contributed by atoms with Crippen molar-refractivity contribution in [3.63, 3.8) is 0 Å². The van der Waals surface area contributed by atoms with E-state index in [1.54, 1.807) is 0 Å². The molecule has 0 aliphatic heterocycles. The van der Waals surface area contributed by atoms with Gasteiger partial charge in [0.25, 0.3) is 4.06 Å². The summed E-state index contributed by atoms with van der Waals surface area (Å²) in [5.41, 5.74) is 0. The van der Waals surface area contributed by atoms with Crippen LogP contribution in [-0.4, -0.2) is 0 Å². The average Bonchev–Trinajstić information content (AvgIpc) is 2.30. The van der Waals surface area contributed by atoms with Crippen molar-refractivity contribution < 1.29 is 0 Å². The molecule has 2 rings (SSSR count). The number of benzene rings is 1. The molecule has 0 aliphatic carbocycles. The van der Waals surface area contributed by atoms with Crippen LogP contribution in [0.4, 0.5) is 0 Å². The topological polar surface area (TPSA) is 17.1 Å². The van der Waals surface area contributed by atoms with Gasteiger partial charge < -0.3 is 0 Å². The molecule has 0 N–H and O–H groups in total. The summed E-state index contributed by atoms with van der Waals surface area (Å²) >= 11 is 10.9. The van der Waals surface area contributed by atoms with Crippen LogP contribution in [0, 0.1) is 0 Å². The number of fused-ring (bicyclic) bond motifs is 1. The zero-order chi connectivity index (χ0) is 8.72. The van der Waals surface area contributed by atoms with Crippen LogP contribution in [0.1, 0.15) is 0 Å². The maximum Gasteiger partial charge on any atom is 0.288 e. The molecule has 2 aromatic rings. The van der Waals surface area contributed by atoms with Crippen molar-refractivity contribution in [2.24, 2.45) is 0 Å². The molecule has 1 nitrogen and oxygen atoms in total. The van der Waals surface area contributed by atoms with E-state index in [2.05, 4.69) is 25.3 Å². The van der Waals surface area contributed by atoms with E-state index in [4.69, 9.17) is 0 Å². The number of hydrogen-bond acceptors (Lipinski definition) is 5. The van der Waals surface area contributed by atoms with Gasteiger partial charge in [0, 0.05) is 9.79 Å². The summed E-state index contributed by atoms with van der Waals surface area (Å²) in [4.78, 5) is 12.6. The van der Waals surface area contributed by atoms with Gasteiger partial charge >= 0.3 is 0 Å². The van der Waals surface area contributed by atoms with Crippen molar-refractivity contribution in [3.05, 3.63) is 21.0 Å². The van der Waals surface area contributed by atoms with E-state index in [0.717, 1.165) is 19.2 Å². The molecule has 1 heterocycles. The smallest absolute Gasteiger partial charge is 0.265 e. The lowest BCUT2D eigenvalue weighted by atomic mass is 10.4. The molecule has 0 fully saturated rings. The van der Waals surface area contributed by atoms with E-state index in [1.807, 2.05) is 12.1 Å². The number of thiol groups is 2. The zero-order valence-corrected chi connectivity index (χ0v) is 9.20. The maximum absolute atomic E-state index is 11.0. The van der Waals surface area contributed by atoms with Crippen molar-refractivity contribution >= 4 is 57.3 Å². The monoisotopic (exact) mass is 232 g/mol. The predicted octanol–water partition coefficient (Wildman–Crippen LogP) is 2.90. The Kier molecular flexibility index (Phi) is 2.20. The van der Waals surface area contributed by atoms with Crippen LogP contribution in [0.25, 0.3) is 9.40 Å². The molecular formula is C7H4OS4. The molecule has 1 aromatic heterocycles. The molecule has 5 heteroatoms. The van der Waals surface area contributed by atoms with Gasteiger partial charge in [-0.2, -0.15) is 0 Å². The summed E-state index contributed by atoms with van der Waals surface area (Å²) < 4.78 is 2.11. The van der Waals surface area contributed by atoms with Gasteiger partial charge in [-0.3, -0.25) is 4.79 Å². The van der Waals surface area contributed by atoms with Crippen LogP contribution in [0.2, 0.25) is 0 Å². The Morgan fingerprint density at radius 2 is 1.42 bits per heavy atom. The van der Waals surface area contributed by atoms with Crippen LogP contribution in [0.3, 0.4) is 0 Å². The summed E-state index contributed by atoms with van der Waals surface area (Å²) in [6.07, 6.45) is 0. The Labute approximate surface area is 87.9 Å². The van der Waals surface area contributed by atoms with Gasteiger partial charge in [-0.15, -0.1) is 25.3 Å². The lowest BCUT2D eigenvalue weighted by Gasteiger charge is -1.95. The summed E-state index contributed by atoms with van der Waals surface area (Å²) in [7, 11) is 0. The summed E-state index contributed by atoms with van der Waals surface area (Å²) in [5.74, 6) is 0. The third kappa shape index (κ3) is 1.42. The molecule has 0 bridgehead atoms. The van der Waals surface area contributed by atoms with Gasteiger partial charge in [0.05, 0.1) is 9.40 Å². The highest BCUT2D eigenvalue weighted by molar-refractivity contribution is 7.83. The molecule has 0 saturated heterocycles. The minimum absolute atomic E-state index is 0.122. The third-order valence-corrected chi connectivity index (χ3v) is 4.42. The van der Waals surface area contributed by atoms with E-state index < -0.39 is 0 Å². The summed E-state index contributed by atoms with van der Waals surface area (Å²) in [5, 5.41) is 0. The molecule has 0 saturated carbocycles. The van der Waals surface area contributed by atoms with E-state index in [9.17, 15) is 4.79 Å². The summed E-state index contributed by atoms with van der Waals surface area (Å²) in [6, 6.07) is 3.76. The first-order chi connectivity index (χ1) is 5.66. The standard InChI is InChI=1S/C7H4OS4/c8-7-11-5-1-3(9)4(10)2-6(5)12-7/h1-2,9-10H. The lowest BCUT2D eigenvalue weighted by molar-refractivity contribution is 1.31. The lowest BCUT2D eigenvalue weighted by Crippen LogP contribution is -1.72. The Balaban J connectivity index is 2.92. The third-order valence-electron chi connectivity index (χ3n) is 1.43. The Bertz CT molecular complexity index is 440. The first-order valence-corrected chi connectivity index (χ1v) is 5.65. The molecular weight excluding hydrogens is 228 g/mol. The normalized spacial score (nSPS) is 10.8. The van der Waals surface area contributed by atoms with E-state index >= 15 is 0 Å². The van der Waals surface area contributed by atoms with Gasteiger partial charge in [-0.1, -0.05) is 22.7 Å². The van der Waals surface area contributed by atoms with E-state index in [1.165, 1.54) is 22.7 Å². The second kappa shape index (κ2) is 3.06. The van der Waals surface area contributed by atoms with Gasteiger partial charge in [0.2, 0.25) is 0 Å². The van der Waals surface area contributed by atoms with Crippen LogP contribution < -0.4 is 4.06 Å². The van der Waals surface area contributed by atoms with E-state index in [-0.39, 0.29) is 4.06 Å². The van der Waals surface area contributed by atoms with Crippen molar-refractivity contribution in [1.82, 2.24) is 0 Å². The quantitative estimate of drug-likeness (QED) is 0.668. The van der Waals surface area contributed by atoms with Gasteiger partial charge in [-0.05, 0) is 12.1 Å². The Morgan fingerprint density at radius 1 is 1.00 bits per heavy atom. The van der Waals surface area contributed by atoms with E-state index in [0.29, 0.717) is 0 Å². The van der Waals surface area contributed by atoms with Crippen LogP contribution in [-0.2, 0) is 0 Å². The SMILES string of the molecule is O=c1sc2cc(S)c(S)cc2s1. The highest BCUT2D eigenvalue weighted by atomic mass is 32.2. The molecule has 0 unspecified atom stereocenters. The Morgan fingerprint density at radius 3 is 1.83 bits per heavy atom. The maximum atomic E-state index is 11.0. The summed E-state index contributed by atoms with van der Waals surface area (Å²) in [6.45, 7) is 0. The zero-order valence-electron chi connectivity index (χ0n) is 5.77. The first kappa shape index (κ1) is 8.62. The molecule has 62 valence electrons. The molecule has 0 amide bonds. The fraction of sp³-hybridized carbons (Fsp3) is 0. The average molecular weight is 232 g/mol. The van der Waals surface area contributed by atoms with Crippen molar-refractivity contribution in [3.8, 4) is 0 Å². The highest BCUT2D eigenvalue weighted by Crippen LogP contribution is 2.28. The first-order valence-electron chi connectivity index (χ1n) is 3.12. The van der Waals surface area contributed by atoms with Gasteiger partial charge in [0.15, 0.2) is 0 Å². The van der Waals surface area contributed by atoms with Gasteiger partial charge in [0.1, 0.15) is 0 Å². The number of rotatable bonds is 0. The van der Waals surface area contributed by atoms with Crippen LogP contribution in [0.5, 0.6) is 0 Å². The minimum atomic E-state index is 0.122. The fourth-order valence-electron chi connectivity index (χ4n) is 0.898. The van der Waals surface area contributed by atoms with Crippen molar-refractivity contribution in [2.45, 2.75) is 9.79 Å². The van der Waals surface area contributed by atoms with Crippen molar-refractivity contribution in [2.75, 3.05) is 0 Å². The van der Waals surface area contributed by atoms with Crippen molar-refractivity contribution in [1.29, 1.82) is 0 Å². The van der Waals surface area contributed by atoms with Crippen LogP contribution in [0.15, 0.2) is 26.7 Å². The number of hydrogen-bond donors (Lipinski definition) is 2. The molecule has 0 aliphatic rings. The fourth-order valence-corrected chi connectivity index (χ4v) is 3.45. The molecule has 0 spiro atoms. The minimum Gasteiger partial charge on any atom is -0.265 e. The molecule has 0 radical (unpaired) electrons. The molecule has 12 heavy (non-hydrogen) atoms. The second-order valence-corrected chi connectivity index (χ2v) is 5.49. The molecule has 0 atom stereocenters. The van der Waals surface area contributed by atoms with Gasteiger partial charge in [-0.25, -0.2) is 0 Å².